The summed E-state index contributed by atoms with van der Waals surface area (Å²) in [5.74, 6) is 0.438. The highest BCUT2D eigenvalue weighted by molar-refractivity contribution is 5.94. The number of amides is 1. The lowest BCUT2D eigenvalue weighted by Crippen LogP contribution is -2.48. The molecule has 2 fully saturated rings. The van der Waals surface area contributed by atoms with Gasteiger partial charge in [0.2, 0.25) is 0 Å². The fraction of sp³-hybridized carbons (Fsp3) is 0.409. The summed E-state index contributed by atoms with van der Waals surface area (Å²) in [4.78, 5) is 17.1. The molecule has 1 atom stereocenters. The van der Waals surface area contributed by atoms with E-state index in [0.717, 1.165) is 50.3 Å². The second kappa shape index (κ2) is 10.9. The third-order valence-corrected chi connectivity index (χ3v) is 5.62. The van der Waals surface area contributed by atoms with E-state index in [0.29, 0.717) is 19.0 Å². The third-order valence-electron chi connectivity index (χ3n) is 5.62. The minimum atomic E-state index is -0.196. The maximum Gasteiger partial charge on any atom is 0.253 e. The molecule has 1 amide bonds. The second-order valence-electron chi connectivity index (χ2n) is 7.51. The van der Waals surface area contributed by atoms with Crippen LogP contribution in [0, 0.1) is 5.82 Å². The van der Waals surface area contributed by atoms with Gasteiger partial charge in [0.25, 0.3) is 5.91 Å². The highest BCUT2D eigenvalue weighted by atomic mass is 35.5. The Bertz CT molecular complexity index is 806. The number of carbonyl (C=O) groups is 1. The van der Waals surface area contributed by atoms with Crippen molar-refractivity contribution in [2.24, 2.45) is 0 Å². The van der Waals surface area contributed by atoms with Crippen LogP contribution in [0.4, 0.5) is 4.39 Å². The first-order valence-corrected chi connectivity index (χ1v) is 9.76. The molecule has 0 spiro atoms. The van der Waals surface area contributed by atoms with Crippen molar-refractivity contribution >= 4 is 30.7 Å². The molecule has 2 aromatic carbocycles. The van der Waals surface area contributed by atoms with Gasteiger partial charge in [-0.1, -0.05) is 24.3 Å². The second-order valence-corrected chi connectivity index (χ2v) is 7.51. The van der Waals surface area contributed by atoms with Gasteiger partial charge in [0.15, 0.2) is 0 Å². The Morgan fingerprint density at radius 3 is 2.48 bits per heavy atom. The summed E-state index contributed by atoms with van der Waals surface area (Å²) in [5, 5.41) is 3.39. The Labute approximate surface area is 184 Å². The van der Waals surface area contributed by atoms with Crippen molar-refractivity contribution in [3.8, 4) is 0 Å². The Morgan fingerprint density at radius 2 is 1.79 bits per heavy atom. The van der Waals surface area contributed by atoms with E-state index in [-0.39, 0.29) is 36.5 Å². The average molecular weight is 440 g/mol. The first-order valence-electron chi connectivity index (χ1n) is 9.76. The van der Waals surface area contributed by atoms with Crippen LogP contribution in [-0.4, -0.2) is 55.0 Å². The van der Waals surface area contributed by atoms with E-state index in [1.54, 1.807) is 12.1 Å². The molecule has 0 bridgehead atoms. The van der Waals surface area contributed by atoms with Gasteiger partial charge in [-0.2, -0.15) is 0 Å². The molecular weight excluding hydrogens is 412 g/mol. The number of nitrogens with one attached hydrogen (secondary N) is 1. The van der Waals surface area contributed by atoms with Gasteiger partial charge < -0.3 is 10.2 Å². The predicted octanol–water partition coefficient (Wildman–Crippen LogP) is 3.70. The molecule has 0 aliphatic carbocycles. The Kier molecular flexibility index (Phi) is 8.90. The average Bonchev–Trinajstić information content (AvgIpc) is 3.23. The maximum absolute atomic E-state index is 13.3. The standard InChI is InChI=1S/C22H26FN3O.2ClH/c23-21-6-1-3-17(13-21)16-25-9-11-26(12-10-25)22(27)19-5-2-4-18(14-19)20-7-8-24-15-20;;/h1-6,13-14,20,24H,7-12,15-16H2;2*1H. The van der Waals surface area contributed by atoms with E-state index >= 15 is 0 Å². The largest absolute Gasteiger partial charge is 0.336 e. The molecule has 2 aliphatic heterocycles. The minimum absolute atomic E-state index is 0. The lowest BCUT2D eigenvalue weighted by atomic mass is 9.96. The number of benzene rings is 2. The van der Waals surface area contributed by atoms with Gasteiger partial charge in [0, 0.05) is 44.8 Å². The Hall–Kier alpha value is -1.66. The lowest BCUT2D eigenvalue weighted by Gasteiger charge is -2.35. The summed E-state index contributed by atoms with van der Waals surface area (Å²) in [6.07, 6.45) is 1.14. The molecule has 0 radical (unpaired) electrons. The fourth-order valence-electron chi connectivity index (χ4n) is 4.05. The Morgan fingerprint density at radius 1 is 1.03 bits per heavy atom. The smallest absolute Gasteiger partial charge is 0.253 e. The van der Waals surface area contributed by atoms with Gasteiger partial charge in [0.1, 0.15) is 5.82 Å². The first kappa shape index (κ1) is 23.6. The predicted molar refractivity (Wildman–Crippen MR) is 119 cm³/mol. The van der Waals surface area contributed by atoms with Crippen LogP contribution in [0.1, 0.15) is 33.8 Å². The van der Waals surface area contributed by atoms with Crippen LogP contribution in [0.2, 0.25) is 0 Å². The number of piperazine rings is 1. The van der Waals surface area contributed by atoms with E-state index in [9.17, 15) is 9.18 Å². The minimum Gasteiger partial charge on any atom is -0.336 e. The van der Waals surface area contributed by atoms with E-state index in [4.69, 9.17) is 0 Å². The van der Waals surface area contributed by atoms with Crippen LogP contribution in [-0.2, 0) is 6.54 Å². The zero-order valence-electron chi connectivity index (χ0n) is 16.4. The van der Waals surface area contributed by atoms with Crippen molar-refractivity contribution in [3.63, 3.8) is 0 Å². The summed E-state index contributed by atoms with van der Waals surface area (Å²) in [6.45, 7) is 5.83. The van der Waals surface area contributed by atoms with Crippen molar-refractivity contribution < 1.29 is 9.18 Å². The Balaban J connectivity index is 0.00000150. The van der Waals surface area contributed by atoms with Crippen molar-refractivity contribution in [3.05, 3.63) is 71.0 Å². The molecule has 29 heavy (non-hydrogen) atoms. The zero-order chi connectivity index (χ0) is 18.6. The summed E-state index contributed by atoms with van der Waals surface area (Å²) in [6, 6.07) is 14.9. The van der Waals surface area contributed by atoms with Gasteiger partial charge in [0.05, 0.1) is 0 Å². The molecule has 158 valence electrons. The van der Waals surface area contributed by atoms with E-state index in [1.807, 2.05) is 23.1 Å². The quantitative estimate of drug-likeness (QED) is 0.788. The van der Waals surface area contributed by atoms with Crippen molar-refractivity contribution in [2.45, 2.75) is 18.9 Å². The molecule has 7 heteroatoms. The summed E-state index contributed by atoms with van der Waals surface area (Å²) in [7, 11) is 0. The van der Waals surface area contributed by atoms with Gasteiger partial charge in [-0.3, -0.25) is 9.69 Å². The van der Waals surface area contributed by atoms with Crippen molar-refractivity contribution in [1.82, 2.24) is 15.1 Å². The molecule has 0 aromatic heterocycles. The molecule has 2 aliphatic rings. The highest BCUT2D eigenvalue weighted by Crippen LogP contribution is 2.23. The third kappa shape index (κ3) is 5.92. The van der Waals surface area contributed by atoms with E-state index in [2.05, 4.69) is 22.3 Å². The van der Waals surface area contributed by atoms with Gasteiger partial charge >= 0.3 is 0 Å². The fourth-order valence-corrected chi connectivity index (χ4v) is 4.05. The molecule has 1 N–H and O–H groups in total. The van der Waals surface area contributed by atoms with Crippen LogP contribution < -0.4 is 5.32 Å². The SMILES string of the molecule is Cl.Cl.O=C(c1cccc(C2CCNC2)c1)N1CCN(Cc2cccc(F)c2)CC1. The first-order chi connectivity index (χ1) is 13.2. The van der Waals surface area contributed by atoms with Gasteiger partial charge in [-0.25, -0.2) is 4.39 Å². The molecule has 4 nitrogen and oxygen atoms in total. The number of hydrogen-bond donors (Lipinski definition) is 1. The number of halogens is 3. The van der Waals surface area contributed by atoms with Gasteiger partial charge in [-0.15, -0.1) is 24.8 Å². The zero-order valence-corrected chi connectivity index (χ0v) is 18.0. The molecule has 1 unspecified atom stereocenters. The highest BCUT2D eigenvalue weighted by Gasteiger charge is 2.23. The van der Waals surface area contributed by atoms with Crippen LogP contribution in [0.15, 0.2) is 48.5 Å². The number of rotatable bonds is 4. The molecule has 4 rings (SSSR count). The summed E-state index contributed by atoms with van der Waals surface area (Å²) < 4.78 is 13.3. The summed E-state index contributed by atoms with van der Waals surface area (Å²) in [5.41, 5.74) is 3.03. The van der Waals surface area contributed by atoms with Crippen LogP contribution in [0.5, 0.6) is 0 Å². The molecule has 2 heterocycles. The lowest BCUT2D eigenvalue weighted by molar-refractivity contribution is 0.0628. The van der Waals surface area contributed by atoms with E-state index < -0.39 is 0 Å². The molecule has 0 saturated carbocycles. The van der Waals surface area contributed by atoms with Gasteiger partial charge in [-0.05, 0) is 54.3 Å². The van der Waals surface area contributed by atoms with Crippen molar-refractivity contribution in [2.75, 3.05) is 39.3 Å². The van der Waals surface area contributed by atoms with Crippen LogP contribution in [0.25, 0.3) is 0 Å². The summed E-state index contributed by atoms with van der Waals surface area (Å²) >= 11 is 0. The normalized spacial score (nSPS) is 19.3. The topological polar surface area (TPSA) is 35.6 Å². The monoisotopic (exact) mass is 439 g/mol. The van der Waals surface area contributed by atoms with Crippen LogP contribution in [0.3, 0.4) is 0 Å². The van der Waals surface area contributed by atoms with E-state index in [1.165, 1.54) is 11.6 Å². The molecular formula is C22H28Cl2FN3O. The van der Waals surface area contributed by atoms with Crippen LogP contribution >= 0.6 is 24.8 Å². The maximum atomic E-state index is 13.3. The number of carbonyl (C=O) groups excluding carboxylic acids is 1. The molecule has 2 saturated heterocycles. The molecule has 2 aromatic rings. The van der Waals surface area contributed by atoms with Crippen molar-refractivity contribution in [1.29, 1.82) is 0 Å². The number of nitrogens with zero attached hydrogens (tertiary/aromatic N) is 2. The number of hydrogen-bond acceptors (Lipinski definition) is 3.